The summed E-state index contributed by atoms with van der Waals surface area (Å²) in [4.78, 5) is 8.57. The number of nitrogens with zero attached hydrogens (tertiary/aromatic N) is 4. The fraction of sp³-hybridized carbons (Fsp3) is 0.364. The second-order valence-corrected chi connectivity index (χ2v) is 3.86. The molecular weight excluding hydrogens is 216 g/mol. The quantitative estimate of drug-likeness (QED) is 0.841. The molecule has 0 atom stereocenters. The first-order valence-electron chi connectivity index (χ1n) is 5.39. The topological polar surface area (TPSA) is 67.7 Å². The average molecular weight is 232 g/mol. The van der Waals surface area contributed by atoms with E-state index in [1.165, 1.54) is 0 Å². The van der Waals surface area contributed by atoms with Gasteiger partial charge in [0.25, 0.3) is 0 Å². The third-order valence-electron chi connectivity index (χ3n) is 2.37. The minimum Gasteiger partial charge on any atom is -0.373 e. The minimum atomic E-state index is 0.723. The van der Waals surface area contributed by atoms with Crippen LogP contribution in [0.2, 0.25) is 0 Å². The first kappa shape index (κ1) is 11.4. The molecule has 0 radical (unpaired) electrons. The van der Waals surface area contributed by atoms with E-state index in [0.717, 1.165) is 28.8 Å². The van der Waals surface area contributed by atoms with Gasteiger partial charge < -0.3 is 10.6 Å². The third kappa shape index (κ3) is 2.52. The third-order valence-corrected chi connectivity index (χ3v) is 2.37. The lowest BCUT2D eigenvalue weighted by atomic mass is 10.4. The minimum absolute atomic E-state index is 0.723. The molecule has 0 saturated heterocycles. The lowest BCUT2D eigenvalue weighted by Crippen LogP contribution is -2.01. The van der Waals surface area contributed by atoms with Gasteiger partial charge in [-0.05, 0) is 13.8 Å². The molecule has 0 unspecified atom stereocenters. The van der Waals surface area contributed by atoms with Crippen molar-refractivity contribution >= 4 is 17.3 Å². The number of aryl methyl sites for hydroxylation is 3. The van der Waals surface area contributed by atoms with Crippen molar-refractivity contribution in [3.63, 3.8) is 0 Å². The summed E-state index contributed by atoms with van der Waals surface area (Å²) in [6.07, 6.45) is 1.92. The summed E-state index contributed by atoms with van der Waals surface area (Å²) in [5, 5.41) is 10.5. The molecule has 2 aromatic heterocycles. The first-order chi connectivity index (χ1) is 8.08. The normalized spacial score (nSPS) is 10.4. The summed E-state index contributed by atoms with van der Waals surface area (Å²) >= 11 is 0. The van der Waals surface area contributed by atoms with Crippen molar-refractivity contribution < 1.29 is 0 Å². The predicted octanol–water partition coefficient (Wildman–Crippen LogP) is 1.61. The van der Waals surface area contributed by atoms with Gasteiger partial charge in [-0.1, -0.05) is 0 Å². The Bertz CT molecular complexity index is 531. The zero-order valence-corrected chi connectivity index (χ0v) is 10.4. The van der Waals surface area contributed by atoms with Gasteiger partial charge in [-0.3, -0.25) is 4.68 Å². The van der Waals surface area contributed by atoms with Crippen molar-refractivity contribution in [3.8, 4) is 0 Å². The summed E-state index contributed by atoms with van der Waals surface area (Å²) in [5.41, 5.74) is 1.89. The molecule has 0 saturated carbocycles. The van der Waals surface area contributed by atoms with Crippen LogP contribution in [0.4, 0.5) is 17.3 Å². The Kier molecular flexibility index (Phi) is 2.95. The maximum absolute atomic E-state index is 4.33. The molecule has 0 bridgehead atoms. The van der Waals surface area contributed by atoms with Gasteiger partial charge in [0.05, 0.1) is 11.4 Å². The second kappa shape index (κ2) is 4.40. The number of aromatic nitrogens is 4. The van der Waals surface area contributed by atoms with Crippen molar-refractivity contribution in [1.29, 1.82) is 0 Å². The molecule has 2 N–H and O–H groups in total. The van der Waals surface area contributed by atoms with Gasteiger partial charge in [0, 0.05) is 26.4 Å². The lowest BCUT2D eigenvalue weighted by molar-refractivity contribution is 0.756. The van der Waals surface area contributed by atoms with E-state index >= 15 is 0 Å². The van der Waals surface area contributed by atoms with E-state index in [9.17, 15) is 0 Å². The molecule has 6 nitrogen and oxygen atoms in total. The maximum atomic E-state index is 4.33. The average Bonchev–Trinajstić information content (AvgIpc) is 2.56. The molecule has 0 amide bonds. The van der Waals surface area contributed by atoms with Crippen molar-refractivity contribution in [2.45, 2.75) is 13.8 Å². The Labute approximate surface area is 100 Å². The van der Waals surface area contributed by atoms with Crippen LogP contribution in [-0.2, 0) is 7.05 Å². The van der Waals surface area contributed by atoms with E-state index < -0.39 is 0 Å². The van der Waals surface area contributed by atoms with Gasteiger partial charge in [0.2, 0.25) is 0 Å². The molecule has 0 aromatic carbocycles. The highest BCUT2D eigenvalue weighted by molar-refractivity contribution is 5.60. The van der Waals surface area contributed by atoms with E-state index in [-0.39, 0.29) is 0 Å². The first-order valence-corrected chi connectivity index (χ1v) is 5.39. The number of nitrogens with one attached hydrogen (secondary N) is 2. The SMILES string of the molecule is CNc1cc(Nc2cn(C)nc2C)nc(C)n1. The van der Waals surface area contributed by atoms with Gasteiger partial charge in [-0.15, -0.1) is 0 Å². The molecule has 0 spiro atoms. The van der Waals surface area contributed by atoms with Gasteiger partial charge >= 0.3 is 0 Å². The molecule has 2 aromatic rings. The summed E-state index contributed by atoms with van der Waals surface area (Å²) < 4.78 is 1.77. The smallest absolute Gasteiger partial charge is 0.136 e. The Morgan fingerprint density at radius 2 is 1.88 bits per heavy atom. The summed E-state index contributed by atoms with van der Waals surface area (Å²) in [5.74, 6) is 2.28. The van der Waals surface area contributed by atoms with Crippen LogP contribution >= 0.6 is 0 Å². The van der Waals surface area contributed by atoms with Crippen LogP contribution in [0.5, 0.6) is 0 Å². The Balaban J connectivity index is 2.29. The lowest BCUT2D eigenvalue weighted by Gasteiger charge is -2.07. The number of hydrogen-bond acceptors (Lipinski definition) is 5. The van der Waals surface area contributed by atoms with Crippen LogP contribution in [-0.4, -0.2) is 26.8 Å². The molecule has 0 aliphatic heterocycles. The van der Waals surface area contributed by atoms with Crippen molar-refractivity contribution in [2.24, 2.45) is 7.05 Å². The molecule has 0 aliphatic rings. The van der Waals surface area contributed by atoms with E-state index in [2.05, 4.69) is 25.7 Å². The predicted molar refractivity (Wildman–Crippen MR) is 67.5 cm³/mol. The number of rotatable bonds is 3. The van der Waals surface area contributed by atoms with E-state index in [1.807, 2.05) is 40.2 Å². The van der Waals surface area contributed by atoms with Gasteiger partial charge in [0.15, 0.2) is 0 Å². The number of hydrogen-bond donors (Lipinski definition) is 2. The zero-order chi connectivity index (χ0) is 12.4. The molecule has 90 valence electrons. The molecule has 0 aliphatic carbocycles. The van der Waals surface area contributed by atoms with Gasteiger partial charge in [0.1, 0.15) is 17.5 Å². The summed E-state index contributed by atoms with van der Waals surface area (Å²) in [6.45, 7) is 3.82. The van der Waals surface area contributed by atoms with Crippen LogP contribution < -0.4 is 10.6 Å². The molecule has 2 heterocycles. The van der Waals surface area contributed by atoms with E-state index in [1.54, 1.807) is 4.68 Å². The van der Waals surface area contributed by atoms with Crippen molar-refractivity contribution in [1.82, 2.24) is 19.7 Å². The van der Waals surface area contributed by atoms with Crippen molar-refractivity contribution in [2.75, 3.05) is 17.7 Å². The Hall–Kier alpha value is -2.11. The zero-order valence-electron chi connectivity index (χ0n) is 10.4. The summed E-state index contributed by atoms with van der Waals surface area (Å²) in [6, 6.07) is 1.86. The molecule has 0 fully saturated rings. The van der Waals surface area contributed by atoms with Crippen LogP contribution in [0.15, 0.2) is 12.3 Å². The highest BCUT2D eigenvalue weighted by atomic mass is 15.3. The summed E-state index contributed by atoms with van der Waals surface area (Å²) in [7, 11) is 3.73. The second-order valence-electron chi connectivity index (χ2n) is 3.86. The highest BCUT2D eigenvalue weighted by Gasteiger charge is 2.05. The molecule has 6 heteroatoms. The Morgan fingerprint density at radius 1 is 1.18 bits per heavy atom. The molecule has 17 heavy (non-hydrogen) atoms. The largest absolute Gasteiger partial charge is 0.373 e. The maximum Gasteiger partial charge on any atom is 0.136 e. The van der Waals surface area contributed by atoms with E-state index in [0.29, 0.717) is 0 Å². The van der Waals surface area contributed by atoms with Crippen LogP contribution in [0.1, 0.15) is 11.5 Å². The van der Waals surface area contributed by atoms with E-state index in [4.69, 9.17) is 0 Å². The van der Waals surface area contributed by atoms with Gasteiger partial charge in [-0.2, -0.15) is 5.10 Å². The Morgan fingerprint density at radius 3 is 2.47 bits per heavy atom. The fourth-order valence-electron chi connectivity index (χ4n) is 1.62. The van der Waals surface area contributed by atoms with Crippen molar-refractivity contribution in [3.05, 3.63) is 23.8 Å². The number of anilines is 3. The van der Waals surface area contributed by atoms with Gasteiger partial charge in [-0.25, -0.2) is 9.97 Å². The fourth-order valence-corrected chi connectivity index (χ4v) is 1.62. The standard InChI is InChI=1S/C11H16N6/c1-7-9(6-17(4)16-7)15-11-5-10(12-3)13-8(2)14-11/h5-6H,1-4H3,(H2,12,13,14,15). The monoisotopic (exact) mass is 232 g/mol. The molecular formula is C11H16N6. The van der Waals surface area contributed by atoms with Crippen LogP contribution in [0, 0.1) is 13.8 Å². The van der Waals surface area contributed by atoms with Crippen LogP contribution in [0.3, 0.4) is 0 Å². The highest BCUT2D eigenvalue weighted by Crippen LogP contribution is 2.19. The molecule has 2 rings (SSSR count). The van der Waals surface area contributed by atoms with Crippen LogP contribution in [0.25, 0.3) is 0 Å².